The van der Waals surface area contributed by atoms with Crippen molar-refractivity contribution in [2.75, 3.05) is 11.1 Å². The molecule has 1 aromatic carbocycles. The topological polar surface area (TPSA) is 118 Å². The van der Waals surface area contributed by atoms with E-state index in [-0.39, 0.29) is 28.8 Å². The minimum absolute atomic E-state index is 0.0333. The van der Waals surface area contributed by atoms with Crippen LogP contribution in [0.5, 0.6) is 0 Å². The fraction of sp³-hybridized carbons (Fsp3) is 0.583. The Labute approximate surface area is 205 Å². The minimum Gasteiger partial charge on any atom is -0.299 e. The number of nitrogens with one attached hydrogen (secondary N) is 2. The molecular formula is C24H32N4O4S2. The third-order valence-corrected chi connectivity index (χ3v) is 10.4. The monoisotopic (exact) mass is 504 g/mol. The number of benzene rings is 1. The molecule has 4 unspecified atom stereocenters. The number of anilines is 1. The number of ketones is 1. The van der Waals surface area contributed by atoms with E-state index in [0.29, 0.717) is 29.4 Å². The number of carbonyl (C=O) groups excluding carboxylic acids is 2. The molecule has 184 valence electrons. The molecule has 1 amide bonds. The van der Waals surface area contributed by atoms with Crippen LogP contribution in [0.25, 0.3) is 10.6 Å². The lowest BCUT2D eigenvalue weighted by molar-refractivity contribution is -0.128. The summed E-state index contributed by atoms with van der Waals surface area (Å²) < 4.78 is 29.3. The number of hydrogen-bond donors (Lipinski definition) is 2. The largest absolute Gasteiger partial charge is 0.299 e. The summed E-state index contributed by atoms with van der Waals surface area (Å²) in [6, 6.07) is 8.52. The normalized spacial score (nSPS) is 25.3. The van der Waals surface area contributed by atoms with Gasteiger partial charge in [-0.1, -0.05) is 75.8 Å². The van der Waals surface area contributed by atoms with Gasteiger partial charge in [-0.2, -0.15) is 0 Å². The number of fused-ring (bicyclic) bond motifs is 2. The van der Waals surface area contributed by atoms with E-state index in [1.165, 1.54) is 11.3 Å². The van der Waals surface area contributed by atoms with Crippen molar-refractivity contribution < 1.29 is 18.0 Å². The highest BCUT2D eigenvalue weighted by Gasteiger charge is 2.65. The number of rotatable bonds is 9. The second-order valence-electron chi connectivity index (χ2n) is 10.2. The van der Waals surface area contributed by atoms with E-state index in [0.717, 1.165) is 12.0 Å². The number of amides is 1. The highest BCUT2D eigenvalue weighted by Crippen LogP contribution is 2.64. The fourth-order valence-corrected chi connectivity index (χ4v) is 8.37. The first-order valence-corrected chi connectivity index (χ1v) is 14.2. The molecule has 0 saturated heterocycles. The number of aromatic nitrogens is 2. The van der Waals surface area contributed by atoms with Gasteiger partial charge in [0, 0.05) is 17.4 Å². The molecule has 2 aromatic rings. The van der Waals surface area contributed by atoms with Crippen molar-refractivity contribution in [1.82, 2.24) is 14.9 Å². The van der Waals surface area contributed by atoms with Crippen molar-refractivity contribution >= 4 is 38.2 Å². The zero-order valence-corrected chi connectivity index (χ0v) is 21.6. The molecule has 0 radical (unpaired) electrons. The zero-order valence-electron chi connectivity index (χ0n) is 20.0. The lowest BCUT2D eigenvalue weighted by Gasteiger charge is -2.36. The number of sulfonamides is 1. The molecule has 0 spiro atoms. The maximum atomic E-state index is 13.3. The molecule has 1 heterocycles. The Morgan fingerprint density at radius 2 is 1.94 bits per heavy atom. The maximum Gasteiger partial charge on any atom is 0.244 e. The Morgan fingerprint density at radius 1 is 1.24 bits per heavy atom. The SMILES string of the molecule is CCC(C)C(NS(=O)(=O)CC12CCC(CC1=O)C2(C)C)C(=O)Nc1nnc(-c2ccccc2)s1. The molecular weight excluding hydrogens is 472 g/mol. The van der Waals surface area contributed by atoms with Gasteiger partial charge in [-0.15, -0.1) is 10.2 Å². The molecule has 4 atom stereocenters. The second-order valence-corrected chi connectivity index (χ2v) is 12.9. The molecule has 34 heavy (non-hydrogen) atoms. The van der Waals surface area contributed by atoms with Crippen LogP contribution in [-0.4, -0.2) is 42.1 Å². The second kappa shape index (κ2) is 9.13. The molecule has 2 N–H and O–H groups in total. The fourth-order valence-electron chi connectivity index (χ4n) is 5.49. The Kier molecular flexibility index (Phi) is 6.69. The van der Waals surface area contributed by atoms with Crippen LogP contribution in [0.15, 0.2) is 30.3 Å². The van der Waals surface area contributed by atoms with Gasteiger partial charge in [0.15, 0.2) is 0 Å². The van der Waals surface area contributed by atoms with Gasteiger partial charge in [0.1, 0.15) is 16.8 Å². The standard InChI is InChI=1S/C24H32N4O4S2/c1-5-15(2)19(20(30)25-22-27-26-21(33-22)16-9-7-6-8-10-16)28-34(31,32)14-24-12-11-17(13-18(24)29)23(24,3)4/h6-10,15,17,19,28H,5,11-14H2,1-4H3,(H,25,27,30). The van der Waals surface area contributed by atoms with E-state index in [9.17, 15) is 18.0 Å². The summed E-state index contributed by atoms with van der Waals surface area (Å²) in [5.74, 6) is -0.754. The van der Waals surface area contributed by atoms with Crippen molar-refractivity contribution in [2.45, 2.75) is 59.4 Å². The predicted molar refractivity (Wildman–Crippen MR) is 133 cm³/mol. The van der Waals surface area contributed by atoms with Crippen LogP contribution in [-0.2, 0) is 19.6 Å². The molecule has 4 rings (SSSR count). The highest BCUT2D eigenvalue weighted by atomic mass is 32.2. The van der Waals surface area contributed by atoms with Crippen molar-refractivity contribution in [2.24, 2.45) is 22.7 Å². The molecule has 0 aliphatic heterocycles. The molecule has 2 bridgehead atoms. The lowest BCUT2D eigenvalue weighted by Crippen LogP contribution is -2.52. The molecule has 10 heteroatoms. The van der Waals surface area contributed by atoms with Crippen LogP contribution in [0.3, 0.4) is 0 Å². The van der Waals surface area contributed by atoms with Gasteiger partial charge < -0.3 is 0 Å². The summed E-state index contributed by atoms with van der Waals surface area (Å²) in [7, 11) is -3.91. The predicted octanol–water partition coefficient (Wildman–Crippen LogP) is 3.87. The van der Waals surface area contributed by atoms with Crippen LogP contribution < -0.4 is 10.0 Å². The summed E-state index contributed by atoms with van der Waals surface area (Å²) in [6.45, 7) is 7.74. The summed E-state index contributed by atoms with van der Waals surface area (Å²) in [4.78, 5) is 26.0. The van der Waals surface area contributed by atoms with Gasteiger partial charge in [0.2, 0.25) is 21.1 Å². The number of hydrogen-bond acceptors (Lipinski definition) is 7. The van der Waals surface area contributed by atoms with Crippen LogP contribution >= 0.6 is 11.3 Å². The van der Waals surface area contributed by atoms with Crippen LogP contribution in [0, 0.1) is 22.7 Å². The van der Waals surface area contributed by atoms with Crippen LogP contribution in [0.2, 0.25) is 0 Å². The van der Waals surface area contributed by atoms with E-state index < -0.39 is 27.4 Å². The summed E-state index contributed by atoms with van der Waals surface area (Å²) >= 11 is 1.23. The number of nitrogens with zero attached hydrogens (tertiary/aromatic N) is 2. The summed E-state index contributed by atoms with van der Waals surface area (Å²) in [5, 5.41) is 11.9. The number of carbonyl (C=O) groups is 2. The molecule has 2 fully saturated rings. The smallest absolute Gasteiger partial charge is 0.244 e. The van der Waals surface area contributed by atoms with E-state index in [1.54, 1.807) is 0 Å². The molecule has 8 nitrogen and oxygen atoms in total. The van der Waals surface area contributed by atoms with E-state index in [1.807, 2.05) is 58.0 Å². The third-order valence-electron chi connectivity index (χ3n) is 8.05. The molecule has 2 aliphatic carbocycles. The first-order valence-electron chi connectivity index (χ1n) is 11.7. The van der Waals surface area contributed by atoms with Gasteiger partial charge >= 0.3 is 0 Å². The lowest BCUT2D eigenvalue weighted by atomic mass is 9.70. The maximum absolute atomic E-state index is 13.3. The molecule has 2 aliphatic rings. The van der Waals surface area contributed by atoms with E-state index in [4.69, 9.17) is 0 Å². The Balaban J connectivity index is 1.50. The van der Waals surface area contributed by atoms with Crippen molar-refractivity contribution in [3.05, 3.63) is 30.3 Å². The van der Waals surface area contributed by atoms with Gasteiger partial charge in [0.05, 0.1) is 5.75 Å². The number of Topliss-reactive ketones (excluding diaryl/α,β-unsaturated/α-hetero) is 1. The summed E-state index contributed by atoms with van der Waals surface area (Å²) in [5.41, 5.74) is -0.366. The van der Waals surface area contributed by atoms with E-state index in [2.05, 4.69) is 20.2 Å². The van der Waals surface area contributed by atoms with Gasteiger partial charge in [-0.25, -0.2) is 13.1 Å². The molecule has 2 saturated carbocycles. The first kappa shape index (κ1) is 24.9. The minimum atomic E-state index is -3.91. The average molecular weight is 505 g/mol. The Morgan fingerprint density at radius 3 is 2.53 bits per heavy atom. The average Bonchev–Trinajstić information content (AvgIpc) is 3.40. The van der Waals surface area contributed by atoms with Crippen molar-refractivity contribution in [3.63, 3.8) is 0 Å². The highest BCUT2D eigenvalue weighted by molar-refractivity contribution is 7.89. The quantitative estimate of drug-likeness (QED) is 0.535. The summed E-state index contributed by atoms with van der Waals surface area (Å²) in [6.07, 6.45) is 2.49. The van der Waals surface area contributed by atoms with Crippen LogP contribution in [0.4, 0.5) is 5.13 Å². The first-order chi connectivity index (χ1) is 16.0. The van der Waals surface area contributed by atoms with Gasteiger partial charge in [-0.05, 0) is 30.1 Å². The molecule has 1 aromatic heterocycles. The van der Waals surface area contributed by atoms with Crippen LogP contribution in [0.1, 0.15) is 53.4 Å². The van der Waals surface area contributed by atoms with Gasteiger partial charge in [-0.3, -0.25) is 14.9 Å². The zero-order chi connectivity index (χ0) is 24.7. The Bertz CT molecular complexity index is 1180. The van der Waals surface area contributed by atoms with Gasteiger partial charge in [0.25, 0.3) is 0 Å². The van der Waals surface area contributed by atoms with Crippen molar-refractivity contribution in [3.8, 4) is 10.6 Å². The Hall–Kier alpha value is -2.17. The van der Waals surface area contributed by atoms with E-state index >= 15 is 0 Å². The van der Waals surface area contributed by atoms with Crippen molar-refractivity contribution in [1.29, 1.82) is 0 Å². The third kappa shape index (κ3) is 4.43.